The van der Waals surface area contributed by atoms with Crippen molar-refractivity contribution in [2.75, 3.05) is 0 Å². The van der Waals surface area contributed by atoms with Crippen LogP contribution in [-0.2, 0) is 10.0 Å². The van der Waals surface area contributed by atoms with Gasteiger partial charge in [-0.25, -0.2) is 17.9 Å². The highest BCUT2D eigenvalue weighted by Crippen LogP contribution is 2.18. The molecule has 0 spiro atoms. The average Bonchev–Trinajstić information content (AvgIpc) is 2.15. The van der Waals surface area contributed by atoms with Crippen molar-refractivity contribution in [3.63, 3.8) is 0 Å². The van der Waals surface area contributed by atoms with Crippen molar-refractivity contribution in [2.45, 2.75) is 24.8 Å². The molecule has 94 valence electrons. The van der Waals surface area contributed by atoms with E-state index in [9.17, 15) is 13.2 Å². The molecule has 0 unspecified atom stereocenters. The van der Waals surface area contributed by atoms with E-state index in [1.165, 1.54) is 12.1 Å². The zero-order valence-corrected chi connectivity index (χ0v) is 12.2. The number of carboxylic acids is 1. The minimum absolute atomic E-state index is 0.0165. The van der Waals surface area contributed by atoms with Crippen molar-refractivity contribution in [1.29, 1.82) is 0 Å². The highest BCUT2D eigenvalue weighted by molar-refractivity contribution is 14.1. The summed E-state index contributed by atoms with van der Waals surface area (Å²) in [6.45, 7) is 3.39. The molecule has 0 saturated heterocycles. The molecule has 0 aromatic heterocycles. The molecular weight excluding hydrogens is 357 g/mol. The van der Waals surface area contributed by atoms with Crippen molar-refractivity contribution < 1.29 is 18.3 Å². The summed E-state index contributed by atoms with van der Waals surface area (Å²) in [5, 5.41) is 8.92. The van der Waals surface area contributed by atoms with Crippen molar-refractivity contribution in [3.8, 4) is 0 Å². The topological polar surface area (TPSA) is 83.5 Å². The summed E-state index contributed by atoms with van der Waals surface area (Å²) in [6.07, 6.45) is 0. The molecule has 0 atom stereocenters. The highest BCUT2D eigenvalue weighted by Gasteiger charge is 2.18. The van der Waals surface area contributed by atoms with Gasteiger partial charge in [-0.2, -0.15) is 0 Å². The molecule has 1 rings (SSSR count). The van der Waals surface area contributed by atoms with Crippen LogP contribution in [0.25, 0.3) is 0 Å². The van der Waals surface area contributed by atoms with Crippen molar-refractivity contribution in [2.24, 2.45) is 0 Å². The molecular formula is C10H12INO4S. The fraction of sp³-hybridized carbons (Fsp3) is 0.300. The molecule has 1 aromatic carbocycles. The van der Waals surface area contributed by atoms with Crippen LogP contribution in [-0.4, -0.2) is 25.5 Å². The maximum atomic E-state index is 11.8. The second-order valence-corrected chi connectivity index (χ2v) is 6.60. The maximum absolute atomic E-state index is 11.8. The van der Waals surface area contributed by atoms with Gasteiger partial charge in [-0.3, -0.25) is 0 Å². The zero-order chi connectivity index (χ0) is 13.2. The third-order valence-electron chi connectivity index (χ3n) is 1.87. The first-order valence-electron chi connectivity index (χ1n) is 4.79. The number of aromatic carboxylic acids is 1. The van der Waals surface area contributed by atoms with E-state index in [1.807, 2.05) is 22.6 Å². The molecule has 0 bridgehead atoms. The van der Waals surface area contributed by atoms with Gasteiger partial charge in [0, 0.05) is 9.61 Å². The summed E-state index contributed by atoms with van der Waals surface area (Å²) in [6, 6.07) is 3.78. The smallest absolute Gasteiger partial charge is 0.336 e. The maximum Gasteiger partial charge on any atom is 0.336 e. The Kier molecular flexibility index (Phi) is 4.50. The quantitative estimate of drug-likeness (QED) is 0.791. The van der Waals surface area contributed by atoms with E-state index in [0.717, 1.165) is 6.07 Å². The standard InChI is InChI=1S/C10H12INO4S/c1-6(2)12-17(15,16)7-3-4-9(11)8(5-7)10(13)14/h3-6,12H,1-2H3,(H,13,14). The van der Waals surface area contributed by atoms with Gasteiger partial charge in [0.2, 0.25) is 10.0 Å². The largest absolute Gasteiger partial charge is 0.478 e. The van der Waals surface area contributed by atoms with E-state index >= 15 is 0 Å². The van der Waals surface area contributed by atoms with E-state index in [0.29, 0.717) is 3.57 Å². The van der Waals surface area contributed by atoms with E-state index in [4.69, 9.17) is 5.11 Å². The Labute approximate surface area is 113 Å². The number of rotatable bonds is 4. The van der Waals surface area contributed by atoms with E-state index in [1.54, 1.807) is 13.8 Å². The summed E-state index contributed by atoms with van der Waals surface area (Å²) >= 11 is 1.85. The Morgan fingerprint density at radius 2 is 2.00 bits per heavy atom. The molecule has 17 heavy (non-hydrogen) atoms. The van der Waals surface area contributed by atoms with Gasteiger partial charge < -0.3 is 5.11 Å². The number of hydrogen-bond donors (Lipinski definition) is 2. The van der Waals surface area contributed by atoms with Crippen LogP contribution >= 0.6 is 22.6 Å². The van der Waals surface area contributed by atoms with Crippen LogP contribution in [0.1, 0.15) is 24.2 Å². The average molecular weight is 369 g/mol. The number of carboxylic acid groups (broad SMARTS) is 1. The molecule has 0 amide bonds. The van der Waals surface area contributed by atoms with Crippen molar-refractivity contribution >= 4 is 38.6 Å². The molecule has 0 heterocycles. The number of benzene rings is 1. The Balaban J connectivity index is 3.25. The van der Waals surface area contributed by atoms with Gasteiger partial charge >= 0.3 is 5.97 Å². The molecule has 0 aliphatic rings. The lowest BCUT2D eigenvalue weighted by Crippen LogP contribution is -2.30. The first-order valence-corrected chi connectivity index (χ1v) is 7.35. The lowest BCUT2D eigenvalue weighted by atomic mass is 10.2. The van der Waals surface area contributed by atoms with Crippen LogP contribution in [0, 0.1) is 3.57 Å². The molecule has 5 nitrogen and oxygen atoms in total. The summed E-state index contributed by atoms with van der Waals surface area (Å²) < 4.78 is 26.5. The molecule has 0 aliphatic heterocycles. The summed E-state index contributed by atoms with van der Waals surface area (Å²) in [4.78, 5) is 10.9. The SMILES string of the molecule is CC(C)NS(=O)(=O)c1ccc(I)c(C(=O)O)c1. The van der Waals surface area contributed by atoms with E-state index in [-0.39, 0.29) is 16.5 Å². The number of carbonyl (C=O) groups is 1. The van der Waals surface area contributed by atoms with Crippen molar-refractivity contribution in [3.05, 3.63) is 27.3 Å². The molecule has 0 radical (unpaired) electrons. The Morgan fingerprint density at radius 3 is 2.47 bits per heavy atom. The zero-order valence-electron chi connectivity index (χ0n) is 9.27. The van der Waals surface area contributed by atoms with Gasteiger partial charge in [0.15, 0.2) is 0 Å². The van der Waals surface area contributed by atoms with Gasteiger partial charge in [-0.05, 0) is 54.6 Å². The second-order valence-electron chi connectivity index (χ2n) is 3.72. The fourth-order valence-corrected chi connectivity index (χ4v) is 3.06. The molecule has 0 aliphatic carbocycles. The van der Waals surface area contributed by atoms with Crippen LogP contribution in [0.15, 0.2) is 23.1 Å². The van der Waals surface area contributed by atoms with Gasteiger partial charge in [0.1, 0.15) is 0 Å². The molecule has 0 fully saturated rings. The van der Waals surface area contributed by atoms with E-state index in [2.05, 4.69) is 4.72 Å². The lowest BCUT2D eigenvalue weighted by molar-refractivity contribution is 0.0695. The first kappa shape index (κ1) is 14.4. The van der Waals surface area contributed by atoms with Gasteiger partial charge in [0.05, 0.1) is 10.5 Å². The van der Waals surface area contributed by atoms with Gasteiger partial charge in [-0.15, -0.1) is 0 Å². The minimum atomic E-state index is -3.65. The molecule has 2 N–H and O–H groups in total. The highest BCUT2D eigenvalue weighted by atomic mass is 127. The third kappa shape index (κ3) is 3.65. The predicted octanol–water partition coefficient (Wildman–Crippen LogP) is 1.68. The Bertz CT molecular complexity index is 539. The molecule has 1 aromatic rings. The lowest BCUT2D eigenvalue weighted by Gasteiger charge is -2.10. The number of sulfonamides is 1. The fourth-order valence-electron chi connectivity index (χ4n) is 1.21. The van der Waals surface area contributed by atoms with Crippen molar-refractivity contribution in [1.82, 2.24) is 4.72 Å². The number of halogens is 1. The van der Waals surface area contributed by atoms with Gasteiger partial charge in [-0.1, -0.05) is 0 Å². The van der Waals surface area contributed by atoms with E-state index < -0.39 is 16.0 Å². The summed E-state index contributed by atoms with van der Waals surface area (Å²) in [5.41, 5.74) is -0.0165. The van der Waals surface area contributed by atoms with Crippen LogP contribution in [0.4, 0.5) is 0 Å². The summed E-state index contributed by atoms with van der Waals surface area (Å²) in [7, 11) is -3.65. The van der Waals surface area contributed by atoms with Gasteiger partial charge in [0.25, 0.3) is 0 Å². The predicted molar refractivity (Wildman–Crippen MR) is 71.6 cm³/mol. The molecule has 0 saturated carbocycles. The second kappa shape index (κ2) is 5.32. The van der Waals surface area contributed by atoms with Crippen LogP contribution in [0.3, 0.4) is 0 Å². The van der Waals surface area contributed by atoms with Crippen LogP contribution in [0.5, 0.6) is 0 Å². The monoisotopic (exact) mass is 369 g/mol. The third-order valence-corrected chi connectivity index (χ3v) is 4.47. The van der Waals surface area contributed by atoms with Crippen LogP contribution in [0.2, 0.25) is 0 Å². The first-order chi connectivity index (χ1) is 7.74. The Hall–Kier alpha value is -0.670. The Morgan fingerprint density at radius 1 is 1.41 bits per heavy atom. The van der Waals surface area contributed by atoms with Crippen LogP contribution < -0.4 is 4.72 Å². The summed E-state index contributed by atoms with van der Waals surface area (Å²) in [5.74, 6) is -1.14. The molecule has 7 heteroatoms. The number of hydrogen-bond acceptors (Lipinski definition) is 3. The normalized spacial score (nSPS) is 11.8. The minimum Gasteiger partial charge on any atom is -0.478 e. The number of nitrogens with one attached hydrogen (secondary N) is 1.